The Morgan fingerprint density at radius 1 is 0.900 bits per heavy atom. The van der Waals surface area contributed by atoms with Gasteiger partial charge in [0.05, 0.1) is 17.8 Å². The van der Waals surface area contributed by atoms with E-state index in [9.17, 15) is 39.3 Å². The number of rotatable bonds is 12. The molecule has 0 aromatic heterocycles. The number of carboxylic acid groups (broad SMARTS) is 3. The van der Waals surface area contributed by atoms with Crippen molar-refractivity contribution >= 4 is 29.6 Å². The van der Waals surface area contributed by atoms with Crippen LogP contribution in [0.2, 0.25) is 0 Å². The number of amides is 1. The van der Waals surface area contributed by atoms with Gasteiger partial charge in [-0.05, 0) is 19.8 Å². The van der Waals surface area contributed by atoms with Crippen molar-refractivity contribution in [2.24, 2.45) is 29.1 Å². The first-order chi connectivity index (χ1) is 13.8. The molecule has 30 heavy (non-hydrogen) atoms. The van der Waals surface area contributed by atoms with Crippen LogP contribution in [0, 0.1) is 29.1 Å². The van der Waals surface area contributed by atoms with E-state index in [-0.39, 0.29) is 12.6 Å². The van der Waals surface area contributed by atoms with Gasteiger partial charge in [-0.25, -0.2) is 0 Å². The molecule has 1 aliphatic carbocycles. The molecule has 0 saturated heterocycles. The molecule has 0 heterocycles. The van der Waals surface area contributed by atoms with Crippen LogP contribution < -0.4 is 10.6 Å². The van der Waals surface area contributed by atoms with Gasteiger partial charge in [-0.1, -0.05) is 27.7 Å². The minimum atomic E-state index is -1.56. The molecule has 0 bridgehead atoms. The molecule has 1 rings (SSSR count). The molecule has 170 valence electrons. The summed E-state index contributed by atoms with van der Waals surface area (Å²) in [4.78, 5) is 60.5. The summed E-state index contributed by atoms with van der Waals surface area (Å²) >= 11 is 0. The molecule has 1 amide bonds. The van der Waals surface area contributed by atoms with Crippen molar-refractivity contribution in [3.8, 4) is 0 Å². The van der Waals surface area contributed by atoms with E-state index in [0.717, 1.165) is 0 Å². The molecule has 5 N–H and O–H groups in total. The minimum Gasteiger partial charge on any atom is -0.481 e. The smallest absolute Gasteiger partial charge is 0.322 e. The topological polar surface area (TPSA) is 170 Å². The number of carboxylic acids is 3. The maximum Gasteiger partial charge on any atom is 0.322 e. The first-order valence-electron chi connectivity index (χ1n) is 10.1. The Bertz CT molecular complexity index is 705. The summed E-state index contributed by atoms with van der Waals surface area (Å²) < 4.78 is 0. The van der Waals surface area contributed by atoms with E-state index in [2.05, 4.69) is 10.6 Å². The summed E-state index contributed by atoms with van der Waals surface area (Å²) in [6.07, 6.45) is 1.05. The number of aliphatic carboxylic acids is 3. The standard InChI is InChI=1S/C20H32N2O8/c1-6-9(3)22-10(17(25)26)8-21-16(24)12-11(15(23)20(4,5)7-2)13(18(27)28)14(12)19(29)30/h9-14,22H,6-8H2,1-5H3,(H,21,24)(H,25,26)(H,27,28)(H,29,30). The highest BCUT2D eigenvalue weighted by molar-refractivity contribution is 6.01. The van der Waals surface area contributed by atoms with Gasteiger partial charge >= 0.3 is 17.9 Å². The molecule has 10 heteroatoms. The molecular formula is C20H32N2O8. The second-order valence-corrected chi connectivity index (χ2v) is 8.49. The predicted molar refractivity (Wildman–Crippen MR) is 106 cm³/mol. The summed E-state index contributed by atoms with van der Waals surface area (Å²) in [6.45, 7) is 8.30. The molecule has 1 saturated carbocycles. The average Bonchev–Trinajstić information content (AvgIpc) is 2.62. The third-order valence-corrected chi connectivity index (χ3v) is 6.15. The molecule has 1 aliphatic rings. The summed E-state index contributed by atoms with van der Waals surface area (Å²) in [5.74, 6) is -11.2. The molecule has 6 unspecified atom stereocenters. The quantitative estimate of drug-likeness (QED) is 0.298. The van der Waals surface area contributed by atoms with E-state index in [1.165, 1.54) is 0 Å². The van der Waals surface area contributed by atoms with Gasteiger partial charge in [0.15, 0.2) is 0 Å². The molecule has 1 fully saturated rings. The van der Waals surface area contributed by atoms with Crippen molar-refractivity contribution in [3.63, 3.8) is 0 Å². The van der Waals surface area contributed by atoms with E-state index in [0.29, 0.717) is 12.8 Å². The van der Waals surface area contributed by atoms with E-state index in [1.54, 1.807) is 27.7 Å². The Balaban J connectivity index is 3.11. The van der Waals surface area contributed by atoms with Crippen LogP contribution in [-0.4, -0.2) is 63.5 Å². The lowest BCUT2D eigenvalue weighted by molar-refractivity contribution is -0.183. The zero-order chi connectivity index (χ0) is 23.4. The fraction of sp³-hybridized carbons (Fsp3) is 0.750. The summed E-state index contributed by atoms with van der Waals surface area (Å²) in [5, 5.41) is 33.5. The largest absolute Gasteiger partial charge is 0.481 e. The average molecular weight is 428 g/mol. The van der Waals surface area contributed by atoms with Crippen LogP contribution in [0.5, 0.6) is 0 Å². The first kappa shape index (κ1) is 25.5. The van der Waals surface area contributed by atoms with Crippen LogP contribution >= 0.6 is 0 Å². The van der Waals surface area contributed by atoms with Gasteiger partial charge in [0.2, 0.25) is 5.91 Å². The third-order valence-electron chi connectivity index (χ3n) is 6.15. The Labute approximate surface area is 175 Å². The highest BCUT2D eigenvalue weighted by atomic mass is 16.4. The van der Waals surface area contributed by atoms with Crippen LogP contribution in [0.4, 0.5) is 0 Å². The third kappa shape index (κ3) is 5.35. The Hall–Kier alpha value is -2.49. The van der Waals surface area contributed by atoms with Gasteiger partial charge in [0.25, 0.3) is 0 Å². The number of ketones is 1. The lowest BCUT2D eigenvalue weighted by Crippen LogP contribution is -2.64. The second-order valence-electron chi connectivity index (χ2n) is 8.49. The SMILES string of the molecule is CCC(C)NC(CNC(=O)C1C(C(=O)O)C(C(=O)O)C1C(=O)C(C)(C)CC)C(=O)O. The van der Waals surface area contributed by atoms with Gasteiger partial charge in [-0.3, -0.25) is 24.0 Å². The van der Waals surface area contributed by atoms with Gasteiger partial charge in [-0.15, -0.1) is 0 Å². The lowest BCUT2D eigenvalue weighted by Gasteiger charge is -2.47. The highest BCUT2D eigenvalue weighted by Gasteiger charge is 2.64. The van der Waals surface area contributed by atoms with Crippen LogP contribution in [0.25, 0.3) is 0 Å². The zero-order valence-corrected chi connectivity index (χ0v) is 18.0. The van der Waals surface area contributed by atoms with Crippen LogP contribution in [0.1, 0.15) is 47.5 Å². The Morgan fingerprint density at radius 2 is 1.40 bits per heavy atom. The lowest BCUT2D eigenvalue weighted by atomic mass is 9.52. The van der Waals surface area contributed by atoms with Gasteiger partial charge in [-0.2, -0.15) is 0 Å². The van der Waals surface area contributed by atoms with Crippen molar-refractivity contribution in [1.82, 2.24) is 10.6 Å². The number of hydrogen-bond donors (Lipinski definition) is 5. The minimum absolute atomic E-state index is 0.130. The second kappa shape index (κ2) is 10.0. The predicted octanol–water partition coefficient (Wildman–Crippen LogP) is 0.597. The number of hydrogen-bond acceptors (Lipinski definition) is 6. The van der Waals surface area contributed by atoms with Crippen LogP contribution in [0.15, 0.2) is 0 Å². The van der Waals surface area contributed by atoms with Gasteiger partial charge < -0.3 is 26.0 Å². The fourth-order valence-corrected chi connectivity index (χ4v) is 3.64. The first-order valence-corrected chi connectivity index (χ1v) is 10.1. The fourth-order valence-electron chi connectivity index (χ4n) is 3.64. The zero-order valence-electron chi connectivity index (χ0n) is 18.0. The summed E-state index contributed by atoms with van der Waals surface area (Å²) in [7, 11) is 0. The van der Waals surface area contributed by atoms with E-state index in [4.69, 9.17) is 0 Å². The molecule has 0 radical (unpaired) electrons. The molecule has 0 aliphatic heterocycles. The monoisotopic (exact) mass is 428 g/mol. The van der Waals surface area contributed by atoms with Crippen LogP contribution in [0.3, 0.4) is 0 Å². The van der Waals surface area contributed by atoms with Crippen molar-refractivity contribution < 1.29 is 39.3 Å². The Morgan fingerprint density at radius 3 is 1.80 bits per heavy atom. The summed E-state index contributed by atoms with van der Waals surface area (Å²) in [5.41, 5.74) is -0.928. The number of carbonyl (C=O) groups is 5. The highest BCUT2D eigenvalue weighted by Crippen LogP contribution is 2.50. The summed E-state index contributed by atoms with van der Waals surface area (Å²) in [6, 6.07) is -1.24. The van der Waals surface area contributed by atoms with Crippen molar-refractivity contribution in [2.45, 2.75) is 59.5 Å². The van der Waals surface area contributed by atoms with Gasteiger partial charge in [0, 0.05) is 23.9 Å². The molecule has 0 aromatic carbocycles. The molecule has 0 aromatic rings. The van der Waals surface area contributed by atoms with E-state index < -0.39 is 64.7 Å². The van der Waals surface area contributed by atoms with Crippen molar-refractivity contribution in [3.05, 3.63) is 0 Å². The number of Topliss-reactive ketones (excluding diaryl/α,β-unsaturated/α-hetero) is 1. The maximum absolute atomic E-state index is 13.0. The molecule has 0 spiro atoms. The van der Waals surface area contributed by atoms with Gasteiger partial charge in [0.1, 0.15) is 11.8 Å². The number of carbonyl (C=O) groups excluding carboxylic acids is 2. The van der Waals surface area contributed by atoms with Crippen LogP contribution in [-0.2, 0) is 24.0 Å². The molecule has 10 nitrogen and oxygen atoms in total. The normalized spacial score (nSPS) is 25.5. The number of nitrogens with one attached hydrogen (secondary N) is 2. The molecular weight excluding hydrogens is 396 g/mol. The van der Waals surface area contributed by atoms with E-state index >= 15 is 0 Å². The van der Waals surface area contributed by atoms with E-state index in [1.807, 2.05) is 6.92 Å². The Kier molecular flexibility index (Phi) is 8.53. The molecule has 6 atom stereocenters. The van der Waals surface area contributed by atoms with Crippen molar-refractivity contribution in [1.29, 1.82) is 0 Å². The van der Waals surface area contributed by atoms with Crippen molar-refractivity contribution in [2.75, 3.05) is 6.54 Å². The maximum atomic E-state index is 13.0.